The van der Waals surface area contributed by atoms with Crippen LogP contribution in [0, 0.1) is 0 Å². The van der Waals surface area contributed by atoms with Crippen molar-refractivity contribution in [1.82, 2.24) is 5.32 Å². The lowest BCUT2D eigenvalue weighted by Gasteiger charge is -2.20. The summed E-state index contributed by atoms with van der Waals surface area (Å²) in [5, 5.41) is 11.0. The van der Waals surface area contributed by atoms with Gasteiger partial charge in [-0.15, -0.1) is 0 Å². The second kappa shape index (κ2) is 4.62. The van der Waals surface area contributed by atoms with Gasteiger partial charge in [0.1, 0.15) is 5.60 Å². The third kappa shape index (κ3) is 2.95. The average Bonchev–Trinajstić information content (AvgIpc) is 2.80. The third-order valence-corrected chi connectivity index (χ3v) is 3.24. The van der Waals surface area contributed by atoms with Crippen LogP contribution in [0.3, 0.4) is 0 Å². The molecular formula is C11H17NO5. The number of amides is 1. The highest BCUT2D eigenvalue weighted by Gasteiger charge is 2.50. The van der Waals surface area contributed by atoms with Gasteiger partial charge in [0.15, 0.2) is 5.78 Å². The summed E-state index contributed by atoms with van der Waals surface area (Å²) in [7, 11) is 0. The van der Waals surface area contributed by atoms with Gasteiger partial charge >= 0.3 is 6.09 Å². The van der Waals surface area contributed by atoms with Gasteiger partial charge in [-0.2, -0.15) is 0 Å². The van der Waals surface area contributed by atoms with Crippen LogP contribution in [-0.4, -0.2) is 47.9 Å². The SMILES string of the molecule is C[C@@]1(C(=O)[C@H](C[C@H]2CCCO2)NC(=O)O)CO1. The van der Waals surface area contributed by atoms with E-state index in [0.717, 1.165) is 12.8 Å². The molecule has 2 rings (SSSR count). The van der Waals surface area contributed by atoms with Gasteiger partial charge in [-0.1, -0.05) is 0 Å². The van der Waals surface area contributed by atoms with E-state index in [0.29, 0.717) is 19.6 Å². The molecule has 2 N–H and O–H groups in total. The molecule has 17 heavy (non-hydrogen) atoms. The normalized spacial score (nSPS) is 33.1. The fourth-order valence-corrected chi connectivity index (χ4v) is 2.09. The van der Waals surface area contributed by atoms with Gasteiger partial charge in [0.2, 0.25) is 0 Å². The minimum absolute atomic E-state index is 0.0295. The number of rotatable bonds is 5. The Kier molecular flexibility index (Phi) is 3.35. The minimum Gasteiger partial charge on any atom is -0.465 e. The number of carboxylic acid groups (broad SMARTS) is 1. The van der Waals surface area contributed by atoms with Crippen LogP contribution in [0.2, 0.25) is 0 Å². The van der Waals surface area contributed by atoms with Crippen LogP contribution < -0.4 is 5.32 Å². The zero-order chi connectivity index (χ0) is 12.5. The molecule has 0 aliphatic carbocycles. The summed E-state index contributed by atoms with van der Waals surface area (Å²) in [6.45, 7) is 2.74. The predicted octanol–water partition coefficient (Wildman–Crippen LogP) is 0.550. The van der Waals surface area contributed by atoms with Gasteiger partial charge in [0.25, 0.3) is 0 Å². The van der Waals surface area contributed by atoms with Crippen molar-refractivity contribution in [3.63, 3.8) is 0 Å². The summed E-state index contributed by atoms with van der Waals surface area (Å²) >= 11 is 0. The zero-order valence-electron chi connectivity index (χ0n) is 9.77. The van der Waals surface area contributed by atoms with Crippen molar-refractivity contribution in [1.29, 1.82) is 0 Å². The summed E-state index contributed by atoms with van der Waals surface area (Å²) in [6, 6.07) is -0.733. The molecule has 3 atom stereocenters. The molecule has 6 nitrogen and oxygen atoms in total. The Morgan fingerprint density at radius 3 is 2.76 bits per heavy atom. The van der Waals surface area contributed by atoms with Crippen molar-refractivity contribution in [2.45, 2.75) is 43.9 Å². The molecule has 2 aliphatic rings. The maximum Gasteiger partial charge on any atom is 0.405 e. The first kappa shape index (κ1) is 12.3. The number of carbonyl (C=O) groups excluding carboxylic acids is 1. The number of carbonyl (C=O) groups is 2. The topological polar surface area (TPSA) is 88.2 Å². The van der Waals surface area contributed by atoms with Gasteiger partial charge in [0.05, 0.1) is 18.8 Å². The van der Waals surface area contributed by atoms with E-state index in [4.69, 9.17) is 14.6 Å². The minimum atomic E-state index is -1.19. The number of nitrogens with one attached hydrogen (secondary N) is 1. The van der Waals surface area contributed by atoms with Crippen molar-refractivity contribution in [3.8, 4) is 0 Å². The van der Waals surface area contributed by atoms with E-state index in [1.165, 1.54) is 0 Å². The molecule has 1 amide bonds. The first-order valence-electron chi connectivity index (χ1n) is 5.80. The predicted molar refractivity (Wildman–Crippen MR) is 57.9 cm³/mol. The maximum absolute atomic E-state index is 12.0. The van der Waals surface area contributed by atoms with Crippen LogP contribution in [0.15, 0.2) is 0 Å². The Balaban J connectivity index is 1.96. The fraction of sp³-hybridized carbons (Fsp3) is 0.818. The average molecular weight is 243 g/mol. The quantitative estimate of drug-likeness (QED) is 0.688. The molecule has 2 saturated heterocycles. The Labute approximate surface area is 99.3 Å². The first-order valence-corrected chi connectivity index (χ1v) is 5.80. The summed E-state index contributed by atoms with van der Waals surface area (Å²) in [5.41, 5.74) is -0.800. The molecule has 96 valence electrons. The first-order chi connectivity index (χ1) is 8.01. The largest absolute Gasteiger partial charge is 0.465 e. The van der Waals surface area contributed by atoms with Crippen LogP contribution >= 0.6 is 0 Å². The van der Waals surface area contributed by atoms with Gasteiger partial charge in [0, 0.05) is 13.0 Å². The molecule has 0 aromatic rings. The third-order valence-electron chi connectivity index (χ3n) is 3.24. The smallest absolute Gasteiger partial charge is 0.405 e. The van der Waals surface area contributed by atoms with Gasteiger partial charge in [-0.25, -0.2) is 4.79 Å². The molecular weight excluding hydrogens is 226 g/mol. The summed E-state index contributed by atoms with van der Waals surface area (Å²) < 4.78 is 10.5. The van der Waals surface area contributed by atoms with Gasteiger partial charge in [-0.05, 0) is 19.8 Å². The van der Waals surface area contributed by atoms with Crippen LogP contribution in [0.5, 0.6) is 0 Å². The molecule has 0 saturated carbocycles. The molecule has 0 radical (unpaired) electrons. The second-order valence-corrected chi connectivity index (χ2v) is 4.76. The lowest BCUT2D eigenvalue weighted by molar-refractivity contribution is -0.126. The number of epoxide rings is 1. The number of ether oxygens (including phenoxy) is 2. The highest BCUT2D eigenvalue weighted by atomic mass is 16.6. The van der Waals surface area contributed by atoms with Gasteiger partial charge in [-0.3, -0.25) is 4.79 Å². The molecule has 0 aromatic carbocycles. The number of ketones is 1. The fourth-order valence-electron chi connectivity index (χ4n) is 2.09. The molecule has 0 aromatic heterocycles. The number of Topliss-reactive ketones (excluding diaryl/α,β-unsaturated/α-hetero) is 1. The lowest BCUT2D eigenvalue weighted by atomic mass is 9.95. The Bertz CT molecular complexity index is 320. The van der Waals surface area contributed by atoms with E-state index in [1.54, 1.807) is 6.92 Å². The van der Waals surface area contributed by atoms with Crippen molar-refractivity contribution in [3.05, 3.63) is 0 Å². The molecule has 0 unspecified atom stereocenters. The van der Waals surface area contributed by atoms with E-state index in [9.17, 15) is 9.59 Å². The van der Waals surface area contributed by atoms with Crippen LogP contribution in [0.4, 0.5) is 4.79 Å². The molecule has 0 spiro atoms. The zero-order valence-corrected chi connectivity index (χ0v) is 9.77. The van der Waals surface area contributed by atoms with E-state index in [-0.39, 0.29) is 11.9 Å². The molecule has 2 fully saturated rings. The summed E-state index contributed by atoms with van der Waals surface area (Å²) in [6.07, 6.45) is 1.02. The Hall–Kier alpha value is -1.14. The van der Waals surface area contributed by atoms with Gasteiger partial charge < -0.3 is 19.9 Å². The summed E-state index contributed by atoms with van der Waals surface area (Å²) in [4.78, 5) is 22.7. The van der Waals surface area contributed by atoms with Crippen molar-refractivity contribution >= 4 is 11.9 Å². The van der Waals surface area contributed by atoms with E-state index < -0.39 is 17.7 Å². The maximum atomic E-state index is 12.0. The van der Waals surface area contributed by atoms with Crippen LogP contribution in [-0.2, 0) is 14.3 Å². The lowest BCUT2D eigenvalue weighted by Crippen LogP contribution is -2.47. The van der Waals surface area contributed by atoms with E-state index in [1.807, 2.05) is 0 Å². The van der Waals surface area contributed by atoms with Crippen molar-refractivity contribution in [2.75, 3.05) is 13.2 Å². The molecule has 2 aliphatic heterocycles. The molecule has 0 bridgehead atoms. The van der Waals surface area contributed by atoms with Crippen molar-refractivity contribution in [2.24, 2.45) is 0 Å². The number of hydrogen-bond acceptors (Lipinski definition) is 4. The standard InChI is InChI=1S/C11H17NO5/c1-11(6-17-11)9(13)8(12-10(14)15)5-7-3-2-4-16-7/h7-8,12H,2-6H2,1H3,(H,14,15)/t7-,8+,11+/m1/s1. The van der Waals surface area contributed by atoms with Crippen LogP contribution in [0.25, 0.3) is 0 Å². The monoisotopic (exact) mass is 243 g/mol. The highest BCUT2D eigenvalue weighted by Crippen LogP contribution is 2.30. The number of hydrogen-bond donors (Lipinski definition) is 2. The van der Waals surface area contributed by atoms with E-state index >= 15 is 0 Å². The molecule has 2 heterocycles. The van der Waals surface area contributed by atoms with E-state index in [2.05, 4.69) is 5.32 Å². The summed E-state index contributed by atoms with van der Waals surface area (Å²) in [5.74, 6) is -0.199. The second-order valence-electron chi connectivity index (χ2n) is 4.76. The molecule has 6 heteroatoms. The van der Waals surface area contributed by atoms with Crippen LogP contribution in [0.1, 0.15) is 26.2 Å². The Morgan fingerprint density at radius 1 is 1.59 bits per heavy atom. The highest BCUT2D eigenvalue weighted by molar-refractivity contribution is 5.95. The van der Waals surface area contributed by atoms with Crippen molar-refractivity contribution < 1.29 is 24.2 Å². The Morgan fingerprint density at radius 2 is 2.29 bits per heavy atom.